The van der Waals surface area contributed by atoms with E-state index < -0.39 is 11.9 Å². The summed E-state index contributed by atoms with van der Waals surface area (Å²) in [5, 5.41) is 10.4. The molecule has 8 heteroatoms. The number of carbonyl (C=O) groups is 2. The fourth-order valence-corrected chi connectivity index (χ4v) is 3.17. The number of nitrogens with one attached hydrogen (secondary N) is 2. The molecule has 26 heavy (non-hydrogen) atoms. The fraction of sp³-hybridized carbons (Fsp3) is 0.222. The topological polar surface area (TPSA) is 91.0 Å². The van der Waals surface area contributed by atoms with Crippen molar-refractivity contribution in [2.75, 3.05) is 13.1 Å². The van der Waals surface area contributed by atoms with E-state index in [1.807, 2.05) is 6.92 Å². The molecule has 1 aliphatic rings. The molecule has 2 amide bonds. The van der Waals surface area contributed by atoms with Gasteiger partial charge in [0.1, 0.15) is 11.9 Å². The van der Waals surface area contributed by atoms with E-state index in [0.29, 0.717) is 29.9 Å². The Morgan fingerprint density at radius 2 is 2.08 bits per heavy atom. The molecule has 3 aromatic rings. The van der Waals surface area contributed by atoms with Gasteiger partial charge >= 0.3 is 0 Å². The lowest BCUT2D eigenvalue weighted by Gasteiger charge is -2.35. The van der Waals surface area contributed by atoms with Crippen molar-refractivity contribution in [2.24, 2.45) is 0 Å². The zero-order valence-electron chi connectivity index (χ0n) is 14.0. The van der Waals surface area contributed by atoms with Gasteiger partial charge in [0.15, 0.2) is 5.65 Å². The van der Waals surface area contributed by atoms with E-state index in [9.17, 15) is 14.0 Å². The van der Waals surface area contributed by atoms with Crippen LogP contribution in [0.3, 0.4) is 0 Å². The second-order valence-electron chi connectivity index (χ2n) is 6.17. The maximum Gasteiger partial charge on any atom is 0.256 e. The SMILES string of the molecule is Cc1n[nH]c2ncc(C(=O)N3CCNC(=O)C3c3ccc(F)cc3)cc12. The van der Waals surface area contributed by atoms with Gasteiger partial charge in [-0.05, 0) is 30.7 Å². The highest BCUT2D eigenvalue weighted by Gasteiger charge is 2.35. The van der Waals surface area contributed by atoms with E-state index in [1.165, 1.54) is 35.4 Å². The Balaban J connectivity index is 1.72. The van der Waals surface area contributed by atoms with Crippen molar-refractivity contribution in [3.63, 3.8) is 0 Å². The lowest BCUT2D eigenvalue weighted by molar-refractivity contribution is -0.128. The first-order chi connectivity index (χ1) is 12.5. The molecule has 0 bridgehead atoms. The van der Waals surface area contributed by atoms with Crippen molar-refractivity contribution >= 4 is 22.8 Å². The minimum absolute atomic E-state index is 0.287. The summed E-state index contributed by atoms with van der Waals surface area (Å²) < 4.78 is 13.2. The highest BCUT2D eigenvalue weighted by Crippen LogP contribution is 2.26. The number of rotatable bonds is 2. The maximum absolute atomic E-state index is 13.2. The highest BCUT2D eigenvalue weighted by atomic mass is 19.1. The van der Waals surface area contributed by atoms with Gasteiger partial charge in [0, 0.05) is 24.7 Å². The molecule has 0 spiro atoms. The normalized spacial score (nSPS) is 17.4. The van der Waals surface area contributed by atoms with Crippen LogP contribution in [0.1, 0.15) is 27.7 Å². The van der Waals surface area contributed by atoms with E-state index in [0.717, 1.165) is 11.1 Å². The molecule has 0 radical (unpaired) electrons. The summed E-state index contributed by atoms with van der Waals surface area (Å²) in [4.78, 5) is 31.2. The predicted molar refractivity (Wildman–Crippen MR) is 91.8 cm³/mol. The molecule has 0 aliphatic carbocycles. The number of aromatic nitrogens is 3. The molecule has 1 fully saturated rings. The molecular formula is C18H16FN5O2. The quantitative estimate of drug-likeness (QED) is 0.734. The Hall–Kier alpha value is -3.29. The summed E-state index contributed by atoms with van der Waals surface area (Å²) in [5.74, 6) is -0.984. The number of amides is 2. The monoisotopic (exact) mass is 353 g/mol. The van der Waals surface area contributed by atoms with Crippen molar-refractivity contribution in [3.05, 3.63) is 59.2 Å². The molecule has 1 aliphatic heterocycles. The van der Waals surface area contributed by atoms with Crippen molar-refractivity contribution in [2.45, 2.75) is 13.0 Å². The van der Waals surface area contributed by atoms with Crippen LogP contribution in [0.15, 0.2) is 36.5 Å². The van der Waals surface area contributed by atoms with Crippen LogP contribution in [0.2, 0.25) is 0 Å². The Bertz CT molecular complexity index is 998. The average Bonchev–Trinajstić information content (AvgIpc) is 3.02. The van der Waals surface area contributed by atoms with E-state index in [4.69, 9.17) is 0 Å². The van der Waals surface area contributed by atoms with Crippen LogP contribution in [0.5, 0.6) is 0 Å². The third kappa shape index (κ3) is 2.69. The average molecular weight is 353 g/mol. The van der Waals surface area contributed by atoms with E-state index in [-0.39, 0.29) is 11.8 Å². The number of fused-ring (bicyclic) bond motifs is 1. The first-order valence-electron chi connectivity index (χ1n) is 8.19. The van der Waals surface area contributed by atoms with Crippen LogP contribution in [0.25, 0.3) is 11.0 Å². The molecule has 0 saturated carbocycles. The van der Waals surface area contributed by atoms with Gasteiger partial charge in [-0.1, -0.05) is 12.1 Å². The number of halogens is 1. The van der Waals surface area contributed by atoms with Crippen LogP contribution >= 0.6 is 0 Å². The lowest BCUT2D eigenvalue weighted by atomic mass is 10.0. The summed E-state index contributed by atoms with van der Waals surface area (Å²) in [6.45, 7) is 2.54. The van der Waals surface area contributed by atoms with Gasteiger partial charge in [-0.2, -0.15) is 5.10 Å². The second-order valence-corrected chi connectivity index (χ2v) is 6.17. The molecule has 132 valence electrons. The Labute approximate surface area is 148 Å². The fourth-order valence-electron chi connectivity index (χ4n) is 3.17. The molecule has 7 nitrogen and oxygen atoms in total. The molecule has 2 N–H and O–H groups in total. The molecule has 1 atom stereocenters. The third-order valence-corrected chi connectivity index (χ3v) is 4.51. The zero-order chi connectivity index (χ0) is 18.3. The molecule has 1 aromatic carbocycles. The number of hydrogen-bond acceptors (Lipinski definition) is 4. The van der Waals surface area contributed by atoms with E-state index in [2.05, 4.69) is 20.5 Å². The lowest BCUT2D eigenvalue weighted by Crippen LogP contribution is -2.52. The molecule has 3 heterocycles. The maximum atomic E-state index is 13.2. The number of piperazine rings is 1. The number of benzene rings is 1. The number of H-pyrrole nitrogens is 1. The number of carbonyl (C=O) groups excluding carboxylic acids is 2. The summed E-state index contributed by atoms with van der Waals surface area (Å²) in [6, 6.07) is 6.51. The van der Waals surface area contributed by atoms with Gasteiger partial charge in [0.2, 0.25) is 5.91 Å². The van der Waals surface area contributed by atoms with Crippen LogP contribution in [0.4, 0.5) is 4.39 Å². The minimum atomic E-state index is -0.807. The van der Waals surface area contributed by atoms with Crippen molar-refractivity contribution in [1.29, 1.82) is 0 Å². The van der Waals surface area contributed by atoms with Crippen molar-refractivity contribution in [1.82, 2.24) is 25.4 Å². The first kappa shape index (κ1) is 16.2. The van der Waals surface area contributed by atoms with Gasteiger partial charge in [-0.3, -0.25) is 14.7 Å². The smallest absolute Gasteiger partial charge is 0.256 e. The van der Waals surface area contributed by atoms with Gasteiger partial charge in [-0.25, -0.2) is 9.37 Å². The Morgan fingerprint density at radius 3 is 2.85 bits per heavy atom. The van der Waals surface area contributed by atoms with Crippen LogP contribution < -0.4 is 5.32 Å². The Morgan fingerprint density at radius 1 is 1.31 bits per heavy atom. The van der Waals surface area contributed by atoms with Crippen LogP contribution in [-0.2, 0) is 4.79 Å². The minimum Gasteiger partial charge on any atom is -0.352 e. The molecular weight excluding hydrogens is 337 g/mol. The van der Waals surface area contributed by atoms with E-state index >= 15 is 0 Å². The number of nitrogens with zero attached hydrogens (tertiary/aromatic N) is 3. The summed E-state index contributed by atoms with van der Waals surface area (Å²) >= 11 is 0. The molecule has 2 aromatic heterocycles. The van der Waals surface area contributed by atoms with Crippen molar-refractivity contribution < 1.29 is 14.0 Å². The molecule has 1 saturated heterocycles. The van der Waals surface area contributed by atoms with Gasteiger partial charge in [0.05, 0.1) is 11.3 Å². The number of pyridine rings is 1. The predicted octanol–water partition coefficient (Wildman–Crippen LogP) is 1.72. The standard InChI is InChI=1S/C18H16FN5O2/c1-10-14-8-12(9-21-16(14)23-22-10)18(26)24-7-6-20-17(25)15(24)11-2-4-13(19)5-3-11/h2-5,8-9,15H,6-7H2,1H3,(H,20,25)(H,21,22,23). The zero-order valence-corrected chi connectivity index (χ0v) is 14.0. The number of aromatic amines is 1. The van der Waals surface area contributed by atoms with Crippen molar-refractivity contribution in [3.8, 4) is 0 Å². The van der Waals surface area contributed by atoms with Crippen LogP contribution in [-0.4, -0.2) is 45.0 Å². The largest absolute Gasteiger partial charge is 0.352 e. The first-order valence-corrected chi connectivity index (χ1v) is 8.19. The van der Waals surface area contributed by atoms with Gasteiger partial charge in [-0.15, -0.1) is 0 Å². The number of hydrogen-bond donors (Lipinski definition) is 2. The third-order valence-electron chi connectivity index (χ3n) is 4.51. The molecule has 4 rings (SSSR count). The summed E-state index contributed by atoms with van der Waals surface area (Å²) in [5.41, 5.74) is 2.29. The summed E-state index contributed by atoms with van der Waals surface area (Å²) in [7, 11) is 0. The Kier molecular flexibility index (Phi) is 3.87. The van der Waals surface area contributed by atoms with Gasteiger partial charge < -0.3 is 10.2 Å². The number of aryl methyl sites for hydroxylation is 1. The van der Waals surface area contributed by atoms with Crippen LogP contribution in [0, 0.1) is 12.7 Å². The van der Waals surface area contributed by atoms with E-state index in [1.54, 1.807) is 6.07 Å². The summed E-state index contributed by atoms with van der Waals surface area (Å²) in [6.07, 6.45) is 1.47. The van der Waals surface area contributed by atoms with Gasteiger partial charge in [0.25, 0.3) is 5.91 Å². The highest BCUT2D eigenvalue weighted by molar-refractivity contribution is 6.00. The molecule has 1 unspecified atom stereocenters. The second kappa shape index (κ2) is 6.21.